The average molecular weight is 482 g/mol. The van der Waals surface area contributed by atoms with Crippen LogP contribution in [0, 0.1) is 17.1 Å². The number of rotatable bonds is 6. The summed E-state index contributed by atoms with van der Waals surface area (Å²) in [4.78, 5) is 32.2. The molecule has 1 aliphatic heterocycles. The van der Waals surface area contributed by atoms with E-state index < -0.39 is 29.3 Å². The molecule has 4 N–H and O–H groups in total. The Labute approximate surface area is 197 Å². The van der Waals surface area contributed by atoms with Crippen LogP contribution in [-0.4, -0.2) is 45.0 Å². The van der Waals surface area contributed by atoms with Gasteiger partial charge in [-0.3, -0.25) is 9.79 Å². The number of carbonyl (C=O) groups is 1. The number of halogens is 2. The summed E-state index contributed by atoms with van der Waals surface area (Å²) >= 11 is 5.80. The molecule has 0 spiro atoms. The molecule has 0 saturated carbocycles. The van der Waals surface area contributed by atoms with Crippen LogP contribution in [0.1, 0.15) is 28.4 Å². The molecule has 0 saturated heterocycles. The van der Waals surface area contributed by atoms with E-state index in [9.17, 15) is 19.1 Å². The molecular weight excluding hydrogens is 465 g/mol. The number of aromatic nitrogens is 2. The van der Waals surface area contributed by atoms with Crippen LogP contribution in [-0.2, 0) is 4.79 Å². The summed E-state index contributed by atoms with van der Waals surface area (Å²) in [7, 11) is 0. The lowest BCUT2D eigenvalue weighted by atomic mass is 10.0. The Balaban J connectivity index is 1.79. The van der Waals surface area contributed by atoms with E-state index in [-0.39, 0.29) is 29.6 Å². The number of nitrogens with zero attached hydrogens (tertiary/aromatic N) is 3. The predicted molar refractivity (Wildman–Crippen MR) is 124 cm³/mol. The van der Waals surface area contributed by atoms with Gasteiger partial charge in [0.05, 0.1) is 23.3 Å². The van der Waals surface area contributed by atoms with Gasteiger partial charge in [-0.05, 0) is 29.8 Å². The topological polar surface area (TPSA) is 144 Å². The summed E-state index contributed by atoms with van der Waals surface area (Å²) in [5.41, 5.74) is 0.737. The first kappa shape index (κ1) is 23.0. The van der Waals surface area contributed by atoms with Crippen molar-refractivity contribution in [2.75, 3.05) is 13.2 Å². The summed E-state index contributed by atoms with van der Waals surface area (Å²) in [5.74, 6) is -1.88. The molecule has 11 heteroatoms. The van der Waals surface area contributed by atoms with Crippen molar-refractivity contribution in [1.29, 1.82) is 5.26 Å². The number of hydrogen-bond donors (Lipinski definition) is 4. The van der Waals surface area contributed by atoms with Crippen LogP contribution in [0.15, 0.2) is 46.2 Å². The number of aliphatic imine (C=N–C) groups is 1. The number of aliphatic hydroxyl groups excluding tert-OH is 1. The monoisotopic (exact) mass is 481 g/mol. The number of hydrogen-bond acceptors (Lipinski definition) is 6. The average Bonchev–Trinajstić information content (AvgIpc) is 3.37. The van der Waals surface area contributed by atoms with E-state index in [2.05, 4.69) is 15.3 Å². The number of H-pyrrole nitrogens is 1. The third-order valence-corrected chi connectivity index (χ3v) is 5.51. The second-order valence-electron chi connectivity index (χ2n) is 7.30. The van der Waals surface area contributed by atoms with E-state index in [4.69, 9.17) is 22.0 Å². The minimum Gasteiger partial charge on any atom is -0.493 e. The molecule has 3 aromatic rings. The van der Waals surface area contributed by atoms with Crippen LogP contribution >= 0.6 is 11.6 Å². The number of nitriles is 1. The number of carbonyl (C=O) groups excluding carboxylic acids is 1. The van der Waals surface area contributed by atoms with Crippen molar-refractivity contribution in [3.05, 3.63) is 80.1 Å². The first-order valence-electron chi connectivity index (χ1n) is 10.0. The molecule has 0 bridgehead atoms. The van der Waals surface area contributed by atoms with Crippen molar-refractivity contribution in [2.24, 2.45) is 4.99 Å². The maximum atomic E-state index is 14.2. The van der Waals surface area contributed by atoms with Crippen molar-refractivity contribution in [3.8, 4) is 11.9 Å². The SMILES string of the molecule is N#Cc1ccc(C(C(=O)NCCO)n2c(O)c(C=C3C=Nc4c3ccc(Cl)c4F)[nH]c2=O)cc1. The third kappa shape index (κ3) is 4.10. The first-order chi connectivity index (χ1) is 16.3. The lowest BCUT2D eigenvalue weighted by molar-refractivity contribution is -0.123. The zero-order valence-electron chi connectivity index (χ0n) is 17.4. The number of aromatic hydroxyl groups is 1. The fraction of sp³-hybridized carbons (Fsp3) is 0.130. The van der Waals surface area contributed by atoms with Crippen LogP contribution in [0.4, 0.5) is 10.1 Å². The van der Waals surface area contributed by atoms with Crippen LogP contribution < -0.4 is 11.0 Å². The Morgan fingerprint density at radius 2 is 2.06 bits per heavy atom. The second kappa shape index (κ2) is 9.35. The summed E-state index contributed by atoms with van der Waals surface area (Å²) in [6.07, 6.45) is 2.77. The quantitative estimate of drug-likeness (QED) is 0.427. The predicted octanol–water partition coefficient (Wildman–Crippen LogP) is 2.50. The molecule has 2 heterocycles. The van der Waals surface area contributed by atoms with E-state index >= 15 is 0 Å². The van der Waals surface area contributed by atoms with E-state index in [1.54, 1.807) is 6.07 Å². The van der Waals surface area contributed by atoms with E-state index in [0.29, 0.717) is 22.3 Å². The summed E-state index contributed by atoms with van der Waals surface area (Å²) < 4.78 is 15.1. The molecule has 0 fully saturated rings. The van der Waals surface area contributed by atoms with Gasteiger partial charge in [0.1, 0.15) is 17.4 Å². The van der Waals surface area contributed by atoms with Crippen molar-refractivity contribution in [3.63, 3.8) is 0 Å². The molecule has 0 radical (unpaired) electrons. The molecule has 1 amide bonds. The maximum absolute atomic E-state index is 14.2. The molecule has 34 heavy (non-hydrogen) atoms. The smallest absolute Gasteiger partial charge is 0.329 e. The van der Waals surface area contributed by atoms with Gasteiger partial charge in [0, 0.05) is 23.9 Å². The van der Waals surface area contributed by atoms with Crippen LogP contribution in [0.25, 0.3) is 11.6 Å². The number of imidazole rings is 1. The highest BCUT2D eigenvalue weighted by atomic mass is 35.5. The molecule has 1 unspecified atom stereocenters. The molecule has 9 nitrogen and oxygen atoms in total. The van der Waals surface area contributed by atoms with Gasteiger partial charge >= 0.3 is 5.69 Å². The fourth-order valence-corrected chi connectivity index (χ4v) is 3.76. The number of benzene rings is 2. The number of aromatic amines is 1. The van der Waals surface area contributed by atoms with Crippen molar-refractivity contribution in [1.82, 2.24) is 14.9 Å². The molecule has 0 aliphatic carbocycles. The summed E-state index contributed by atoms with van der Waals surface area (Å²) in [5, 5.41) is 31.4. The normalized spacial score (nSPS) is 14.1. The highest BCUT2D eigenvalue weighted by Gasteiger charge is 2.29. The number of fused-ring (bicyclic) bond motifs is 1. The minimum atomic E-state index is -1.30. The molecular formula is C23H17ClFN5O4. The van der Waals surface area contributed by atoms with E-state index in [1.165, 1.54) is 42.6 Å². The second-order valence-corrected chi connectivity index (χ2v) is 7.71. The van der Waals surface area contributed by atoms with Gasteiger partial charge in [-0.2, -0.15) is 5.26 Å². The zero-order valence-corrected chi connectivity index (χ0v) is 18.2. The number of aliphatic hydroxyl groups is 1. The Bertz CT molecular complexity index is 1430. The molecule has 4 rings (SSSR count). The van der Waals surface area contributed by atoms with Crippen LogP contribution in [0.3, 0.4) is 0 Å². The highest BCUT2D eigenvalue weighted by molar-refractivity contribution is 6.31. The van der Waals surface area contributed by atoms with E-state index in [1.807, 2.05) is 6.07 Å². The Hall–Kier alpha value is -4.20. The van der Waals surface area contributed by atoms with Gasteiger partial charge in [-0.1, -0.05) is 29.8 Å². The van der Waals surface area contributed by atoms with Gasteiger partial charge in [0.15, 0.2) is 5.82 Å². The van der Waals surface area contributed by atoms with Gasteiger partial charge in [0.2, 0.25) is 11.8 Å². The van der Waals surface area contributed by atoms with Crippen LogP contribution in [0.2, 0.25) is 5.02 Å². The van der Waals surface area contributed by atoms with Gasteiger partial charge in [-0.25, -0.2) is 13.8 Å². The van der Waals surface area contributed by atoms with Gasteiger partial charge < -0.3 is 20.5 Å². The Morgan fingerprint density at radius 1 is 1.32 bits per heavy atom. The molecule has 172 valence electrons. The number of nitrogens with one attached hydrogen (secondary N) is 2. The van der Waals surface area contributed by atoms with Crippen molar-refractivity contribution < 1.29 is 19.4 Å². The van der Waals surface area contributed by atoms with Crippen molar-refractivity contribution >= 4 is 41.1 Å². The standard InChI is InChI=1S/C23H17ClFN5O4/c24-16-6-5-15-14(11-28-19(15)18(16)25)9-17-22(33)30(23(34)29-17)20(21(32)27-7-8-31)13-3-1-12(10-26)2-4-13/h1-6,9,11,20,31,33H,7-8H2,(H,27,32)(H,29,34). The Morgan fingerprint density at radius 3 is 2.74 bits per heavy atom. The highest BCUT2D eigenvalue weighted by Crippen LogP contribution is 2.38. The van der Waals surface area contributed by atoms with Crippen LogP contribution in [0.5, 0.6) is 5.88 Å². The minimum absolute atomic E-state index is 0.0248. The Kier molecular flexibility index (Phi) is 6.32. The molecule has 1 aliphatic rings. The summed E-state index contributed by atoms with van der Waals surface area (Å²) in [6, 6.07) is 9.54. The molecule has 1 atom stereocenters. The van der Waals surface area contributed by atoms with Gasteiger partial charge in [-0.15, -0.1) is 0 Å². The lowest BCUT2D eigenvalue weighted by Crippen LogP contribution is -2.38. The van der Waals surface area contributed by atoms with E-state index in [0.717, 1.165) is 4.57 Å². The first-order valence-corrected chi connectivity index (χ1v) is 10.4. The van der Waals surface area contributed by atoms with Crippen molar-refractivity contribution in [2.45, 2.75) is 6.04 Å². The molecule has 2 aromatic carbocycles. The van der Waals surface area contributed by atoms with Gasteiger partial charge in [0.25, 0.3) is 0 Å². The number of amides is 1. The third-order valence-electron chi connectivity index (χ3n) is 5.22. The molecule has 1 aromatic heterocycles. The lowest BCUT2D eigenvalue weighted by Gasteiger charge is -2.18. The maximum Gasteiger partial charge on any atom is 0.329 e. The number of allylic oxidation sites excluding steroid dienone is 1. The zero-order chi connectivity index (χ0) is 24.4. The summed E-state index contributed by atoms with van der Waals surface area (Å²) in [6.45, 7) is -0.389. The largest absolute Gasteiger partial charge is 0.493 e. The fourth-order valence-electron chi connectivity index (χ4n) is 3.60.